The summed E-state index contributed by atoms with van der Waals surface area (Å²) < 4.78 is 26.0. The molecule has 0 aliphatic carbocycles. The Morgan fingerprint density at radius 2 is 2.00 bits per heavy atom. The van der Waals surface area contributed by atoms with Gasteiger partial charge >= 0.3 is 0 Å². The third kappa shape index (κ3) is 1.06. The molecule has 0 unspecified atom stereocenters. The highest BCUT2D eigenvalue weighted by Crippen LogP contribution is 2.28. The van der Waals surface area contributed by atoms with Crippen molar-refractivity contribution in [1.82, 2.24) is 4.98 Å². The molecule has 0 aliphatic heterocycles. The molecule has 1 heterocycles. The standard InChI is InChI=1S/C9H7F2NO/c1-4-2-5-7(12-4)3-6(10)9(13)8(5)11/h2-3,12-13H,1H3. The van der Waals surface area contributed by atoms with Gasteiger partial charge < -0.3 is 10.1 Å². The lowest BCUT2D eigenvalue weighted by molar-refractivity contribution is 0.400. The smallest absolute Gasteiger partial charge is 0.188 e. The van der Waals surface area contributed by atoms with Gasteiger partial charge in [0.15, 0.2) is 17.4 Å². The Morgan fingerprint density at radius 3 is 2.69 bits per heavy atom. The van der Waals surface area contributed by atoms with Crippen molar-refractivity contribution in [3.05, 3.63) is 29.5 Å². The number of aromatic amines is 1. The van der Waals surface area contributed by atoms with Gasteiger partial charge in [0.25, 0.3) is 0 Å². The summed E-state index contributed by atoms with van der Waals surface area (Å²) in [5, 5.41) is 9.15. The Kier molecular flexibility index (Phi) is 1.52. The summed E-state index contributed by atoms with van der Waals surface area (Å²) in [6, 6.07) is 2.59. The molecule has 2 rings (SSSR count). The molecule has 13 heavy (non-hydrogen) atoms. The second-order valence-corrected chi connectivity index (χ2v) is 2.93. The molecule has 0 saturated carbocycles. The molecule has 1 aromatic carbocycles. The predicted molar refractivity (Wildman–Crippen MR) is 44.6 cm³/mol. The van der Waals surface area contributed by atoms with Crippen molar-refractivity contribution < 1.29 is 13.9 Å². The summed E-state index contributed by atoms with van der Waals surface area (Å²) in [6.45, 7) is 1.73. The third-order valence-corrected chi connectivity index (χ3v) is 1.92. The van der Waals surface area contributed by atoms with Gasteiger partial charge in [-0.1, -0.05) is 0 Å². The fourth-order valence-corrected chi connectivity index (χ4v) is 1.33. The van der Waals surface area contributed by atoms with Crippen LogP contribution in [0.4, 0.5) is 8.78 Å². The van der Waals surface area contributed by atoms with Crippen LogP contribution in [0, 0.1) is 18.6 Å². The second kappa shape index (κ2) is 2.45. The van der Waals surface area contributed by atoms with Crippen molar-refractivity contribution in [2.45, 2.75) is 6.92 Å². The van der Waals surface area contributed by atoms with Crippen LogP contribution < -0.4 is 0 Å². The molecule has 2 N–H and O–H groups in total. The number of aromatic hydroxyl groups is 1. The highest BCUT2D eigenvalue weighted by Gasteiger charge is 2.13. The Balaban J connectivity index is 2.92. The predicted octanol–water partition coefficient (Wildman–Crippen LogP) is 2.46. The number of phenols is 1. The van der Waals surface area contributed by atoms with E-state index in [9.17, 15) is 8.78 Å². The van der Waals surface area contributed by atoms with Gasteiger partial charge in [-0.3, -0.25) is 0 Å². The molecule has 0 radical (unpaired) electrons. The molecule has 0 amide bonds. The van der Waals surface area contributed by atoms with Crippen molar-refractivity contribution in [2.75, 3.05) is 0 Å². The molecule has 0 atom stereocenters. The molecule has 0 fully saturated rings. The lowest BCUT2D eigenvalue weighted by Gasteiger charge is -1.97. The van der Waals surface area contributed by atoms with E-state index in [1.165, 1.54) is 6.07 Å². The maximum Gasteiger partial charge on any atom is 0.188 e. The van der Waals surface area contributed by atoms with E-state index in [-0.39, 0.29) is 5.39 Å². The van der Waals surface area contributed by atoms with E-state index in [1.54, 1.807) is 6.92 Å². The number of phenolic OH excluding ortho intramolecular Hbond substituents is 1. The summed E-state index contributed by atoms with van der Waals surface area (Å²) in [6.07, 6.45) is 0. The first-order valence-corrected chi connectivity index (χ1v) is 3.76. The fourth-order valence-electron chi connectivity index (χ4n) is 1.33. The molecule has 1 aromatic heterocycles. The van der Waals surface area contributed by atoms with Crippen molar-refractivity contribution in [3.8, 4) is 5.75 Å². The first kappa shape index (κ1) is 8.04. The van der Waals surface area contributed by atoms with Gasteiger partial charge in [-0.25, -0.2) is 8.78 Å². The minimum Gasteiger partial charge on any atom is -0.503 e. The average Bonchev–Trinajstić information content (AvgIpc) is 2.42. The van der Waals surface area contributed by atoms with Crippen molar-refractivity contribution >= 4 is 10.9 Å². The van der Waals surface area contributed by atoms with E-state index in [2.05, 4.69) is 4.98 Å². The van der Waals surface area contributed by atoms with Crippen LogP contribution in [-0.2, 0) is 0 Å². The number of aromatic nitrogens is 1. The topological polar surface area (TPSA) is 36.0 Å². The van der Waals surface area contributed by atoms with Gasteiger partial charge in [0, 0.05) is 17.1 Å². The summed E-state index contributed by atoms with van der Waals surface area (Å²) in [4.78, 5) is 2.78. The van der Waals surface area contributed by atoms with Crippen molar-refractivity contribution in [2.24, 2.45) is 0 Å². The number of aryl methyl sites for hydroxylation is 1. The summed E-state index contributed by atoms with van der Waals surface area (Å²) in [7, 11) is 0. The zero-order chi connectivity index (χ0) is 9.59. The third-order valence-electron chi connectivity index (χ3n) is 1.92. The number of nitrogens with one attached hydrogen (secondary N) is 1. The largest absolute Gasteiger partial charge is 0.503 e. The van der Waals surface area contributed by atoms with Gasteiger partial charge in [-0.15, -0.1) is 0 Å². The van der Waals surface area contributed by atoms with Gasteiger partial charge in [-0.05, 0) is 13.0 Å². The van der Waals surface area contributed by atoms with E-state index in [4.69, 9.17) is 5.11 Å². The first-order valence-electron chi connectivity index (χ1n) is 3.76. The maximum atomic E-state index is 13.2. The quantitative estimate of drug-likeness (QED) is 0.646. The summed E-state index contributed by atoms with van der Waals surface area (Å²) in [5.74, 6) is -2.79. The minimum atomic E-state index is -0.952. The Bertz CT molecular complexity index is 476. The first-order chi connectivity index (χ1) is 6.09. The summed E-state index contributed by atoms with van der Waals surface area (Å²) in [5.41, 5.74) is 1.07. The van der Waals surface area contributed by atoms with Crippen LogP contribution in [0.15, 0.2) is 12.1 Å². The molecule has 4 heteroatoms. The van der Waals surface area contributed by atoms with Crippen LogP contribution in [0.25, 0.3) is 10.9 Å². The second-order valence-electron chi connectivity index (χ2n) is 2.93. The zero-order valence-corrected chi connectivity index (χ0v) is 6.86. The van der Waals surface area contributed by atoms with E-state index >= 15 is 0 Å². The average molecular weight is 183 g/mol. The van der Waals surface area contributed by atoms with Gasteiger partial charge in [0.2, 0.25) is 0 Å². The molecule has 0 aliphatic rings. The number of fused-ring (bicyclic) bond motifs is 1. The maximum absolute atomic E-state index is 13.2. The van der Waals surface area contributed by atoms with Crippen LogP contribution in [0.5, 0.6) is 5.75 Å². The lowest BCUT2D eigenvalue weighted by Crippen LogP contribution is -1.83. The normalized spacial score (nSPS) is 11.0. The monoisotopic (exact) mass is 183 g/mol. The lowest BCUT2D eigenvalue weighted by atomic mass is 10.2. The Hall–Kier alpha value is -1.58. The van der Waals surface area contributed by atoms with E-state index in [0.717, 1.165) is 11.8 Å². The molecular formula is C9H7F2NO. The summed E-state index contributed by atoms with van der Waals surface area (Å²) >= 11 is 0. The molecule has 0 bridgehead atoms. The highest BCUT2D eigenvalue weighted by molar-refractivity contribution is 5.82. The number of hydrogen-bond acceptors (Lipinski definition) is 1. The van der Waals surface area contributed by atoms with Crippen molar-refractivity contribution in [3.63, 3.8) is 0 Å². The number of benzene rings is 1. The van der Waals surface area contributed by atoms with E-state index in [1.807, 2.05) is 0 Å². The van der Waals surface area contributed by atoms with Crippen LogP contribution in [-0.4, -0.2) is 10.1 Å². The number of rotatable bonds is 0. The number of H-pyrrole nitrogens is 1. The van der Waals surface area contributed by atoms with Gasteiger partial charge in [0.1, 0.15) is 0 Å². The van der Waals surface area contributed by atoms with E-state index in [0.29, 0.717) is 5.52 Å². The SMILES string of the molecule is Cc1cc2c(F)c(O)c(F)cc2[nH]1. The Morgan fingerprint density at radius 1 is 1.31 bits per heavy atom. The molecule has 2 nitrogen and oxygen atoms in total. The number of halogens is 2. The van der Waals surface area contributed by atoms with Crippen LogP contribution >= 0.6 is 0 Å². The van der Waals surface area contributed by atoms with Crippen LogP contribution in [0.3, 0.4) is 0 Å². The number of hydrogen-bond donors (Lipinski definition) is 2. The zero-order valence-electron chi connectivity index (χ0n) is 6.86. The molecular weight excluding hydrogens is 176 g/mol. The molecule has 0 spiro atoms. The van der Waals surface area contributed by atoms with Gasteiger partial charge in [-0.2, -0.15) is 0 Å². The highest BCUT2D eigenvalue weighted by atomic mass is 19.1. The Labute approximate surface area is 72.8 Å². The fraction of sp³-hybridized carbons (Fsp3) is 0.111. The molecule has 2 aromatic rings. The minimum absolute atomic E-state index is 0.205. The van der Waals surface area contributed by atoms with Crippen molar-refractivity contribution in [1.29, 1.82) is 0 Å². The van der Waals surface area contributed by atoms with Crippen LogP contribution in [0.1, 0.15) is 5.69 Å². The van der Waals surface area contributed by atoms with Crippen LogP contribution in [0.2, 0.25) is 0 Å². The van der Waals surface area contributed by atoms with E-state index < -0.39 is 17.4 Å². The molecule has 68 valence electrons. The molecule has 0 saturated heterocycles. The van der Waals surface area contributed by atoms with Gasteiger partial charge in [0.05, 0.1) is 5.52 Å².